The highest BCUT2D eigenvalue weighted by Gasteiger charge is 2.21. The molecule has 0 spiro atoms. The number of piperidine rings is 1. The fourth-order valence-electron chi connectivity index (χ4n) is 1.67. The van der Waals surface area contributed by atoms with Crippen LogP contribution in [0.3, 0.4) is 0 Å². The van der Waals surface area contributed by atoms with Crippen molar-refractivity contribution in [3.05, 3.63) is 0 Å². The Morgan fingerprint density at radius 3 is 2.47 bits per heavy atom. The predicted molar refractivity (Wildman–Crippen MR) is 58.6 cm³/mol. The number of hydrazone groups is 1. The van der Waals surface area contributed by atoms with E-state index in [1.54, 1.807) is 12.0 Å². The average Bonchev–Trinajstić information content (AvgIpc) is 2.26. The molecule has 0 amide bonds. The first-order chi connectivity index (χ1) is 7.15. The van der Waals surface area contributed by atoms with E-state index in [9.17, 15) is 4.79 Å². The van der Waals surface area contributed by atoms with Gasteiger partial charge in [0.15, 0.2) is 0 Å². The van der Waals surface area contributed by atoms with Gasteiger partial charge in [0.1, 0.15) is 12.3 Å². The molecule has 1 saturated heterocycles. The van der Waals surface area contributed by atoms with E-state index in [-0.39, 0.29) is 12.0 Å². The third-order valence-corrected chi connectivity index (χ3v) is 2.40. The second-order valence-corrected chi connectivity index (χ2v) is 3.74. The quantitative estimate of drug-likeness (QED) is 0.283. The Balaban J connectivity index is 2.69. The van der Waals surface area contributed by atoms with Gasteiger partial charge in [-0.05, 0) is 19.8 Å². The van der Waals surface area contributed by atoms with E-state index in [1.807, 2.05) is 5.01 Å². The Morgan fingerprint density at radius 1 is 1.40 bits per heavy atom. The summed E-state index contributed by atoms with van der Waals surface area (Å²) in [4.78, 5) is 10.8. The molecular formula is C9H19N5O. The number of nitrogens with two attached hydrogens (primary N) is 2. The fourth-order valence-corrected chi connectivity index (χ4v) is 1.67. The molecule has 0 aromatic carbocycles. The lowest BCUT2D eigenvalue weighted by Gasteiger charge is -2.36. The molecular weight excluding hydrogens is 194 g/mol. The maximum absolute atomic E-state index is 10.8. The van der Waals surface area contributed by atoms with Gasteiger partial charge in [-0.1, -0.05) is 6.42 Å². The van der Waals surface area contributed by atoms with Crippen molar-refractivity contribution in [3.8, 4) is 0 Å². The molecule has 1 fully saturated rings. The summed E-state index contributed by atoms with van der Waals surface area (Å²) in [5.74, 6) is -0.0192. The van der Waals surface area contributed by atoms with Crippen LogP contribution in [0.5, 0.6) is 0 Å². The first kappa shape index (κ1) is 11.8. The fraction of sp³-hybridized carbons (Fsp3) is 0.778. The normalized spacial score (nSPS) is 19.3. The Labute approximate surface area is 89.8 Å². The van der Waals surface area contributed by atoms with E-state index in [0.29, 0.717) is 0 Å². The second-order valence-electron chi connectivity index (χ2n) is 3.74. The van der Waals surface area contributed by atoms with Gasteiger partial charge in [-0.25, -0.2) is 10.1 Å². The predicted octanol–water partition coefficient (Wildman–Crippen LogP) is -0.535. The highest BCUT2D eigenvalue weighted by molar-refractivity contribution is 5.75. The minimum Gasteiger partial charge on any atom is -0.369 e. The van der Waals surface area contributed by atoms with Gasteiger partial charge >= 0.3 is 0 Å². The molecule has 0 bridgehead atoms. The van der Waals surface area contributed by atoms with E-state index >= 15 is 0 Å². The summed E-state index contributed by atoms with van der Waals surface area (Å²) in [6.45, 7) is 3.57. The molecule has 1 unspecified atom stereocenters. The van der Waals surface area contributed by atoms with Gasteiger partial charge in [0.2, 0.25) is 5.96 Å². The Bertz CT molecular complexity index is 233. The first-order valence-corrected chi connectivity index (χ1v) is 5.24. The number of guanidine groups is 1. The van der Waals surface area contributed by atoms with Gasteiger partial charge in [-0.15, -0.1) is 5.10 Å². The Hall–Kier alpha value is -1.30. The van der Waals surface area contributed by atoms with Crippen LogP contribution in [0.2, 0.25) is 0 Å². The van der Waals surface area contributed by atoms with Crippen LogP contribution in [-0.2, 0) is 4.79 Å². The second kappa shape index (κ2) is 5.55. The van der Waals surface area contributed by atoms with Crippen LogP contribution in [-0.4, -0.2) is 41.5 Å². The summed E-state index contributed by atoms with van der Waals surface area (Å²) in [6, 6.07) is -0.329. The smallest absolute Gasteiger partial charge is 0.210 e. The zero-order valence-electron chi connectivity index (χ0n) is 9.09. The molecule has 15 heavy (non-hydrogen) atoms. The van der Waals surface area contributed by atoms with Crippen molar-refractivity contribution >= 4 is 12.2 Å². The van der Waals surface area contributed by atoms with Crippen LogP contribution in [0.4, 0.5) is 0 Å². The van der Waals surface area contributed by atoms with Crippen molar-refractivity contribution in [3.63, 3.8) is 0 Å². The number of hydrazine groups is 1. The van der Waals surface area contributed by atoms with Crippen molar-refractivity contribution in [2.24, 2.45) is 16.6 Å². The van der Waals surface area contributed by atoms with Gasteiger partial charge in [-0.2, -0.15) is 0 Å². The van der Waals surface area contributed by atoms with Crippen molar-refractivity contribution in [2.45, 2.75) is 32.2 Å². The third kappa shape index (κ3) is 3.39. The Morgan fingerprint density at radius 2 is 2.00 bits per heavy atom. The minimum absolute atomic E-state index is 0.0192. The molecule has 4 N–H and O–H groups in total. The molecule has 1 rings (SSSR count). The first-order valence-electron chi connectivity index (χ1n) is 5.24. The molecule has 86 valence electrons. The van der Waals surface area contributed by atoms with Gasteiger partial charge in [0, 0.05) is 13.1 Å². The maximum atomic E-state index is 10.8. The molecule has 0 radical (unpaired) electrons. The summed E-state index contributed by atoms with van der Waals surface area (Å²) in [5.41, 5.74) is 10.7. The zero-order valence-corrected chi connectivity index (χ0v) is 9.09. The van der Waals surface area contributed by atoms with Crippen molar-refractivity contribution in [1.29, 1.82) is 0 Å². The lowest BCUT2D eigenvalue weighted by atomic mass is 10.2. The molecule has 0 saturated carbocycles. The van der Waals surface area contributed by atoms with E-state index in [1.165, 1.54) is 6.42 Å². The molecule has 6 nitrogen and oxygen atoms in total. The van der Waals surface area contributed by atoms with Crippen LogP contribution < -0.4 is 11.5 Å². The number of nitrogens with zero attached hydrogens (tertiary/aromatic N) is 3. The van der Waals surface area contributed by atoms with E-state index in [4.69, 9.17) is 11.5 Å². The highest BCUT2D eigenvalue weighted by atomic mass is 16.1. The van der Waals surface area contributed by atoms with Gasteiger partial charge in [0.05, 0.1) is 0 Å². The largest absolute Gasteiger partial charge is 0.369 e. The van der Waals surface area contributed by atoms with Gasteiger partial charge < -0.3 is 16.3 Å². The van der Waals surface area contributed by atoms with Gasteiger partial charge in [0.25, 0.3) is 0 Å². The summed E-state index contributed by atoms with van der Waals surface area (Å²) < 4.78 is 0. The minimum atomic E-state index is -0.329. The monoisotopic (exact) mass is 213 g/mol. The molecule has 0 aromatic rings. The molecule has 0 aromatic heterocycles. The number of carbonyl (C=O) groups excluding carboxylic acids is 1. The van der Waals surface area contributed by atoms with Crippen LogP contribution in [0, 0.1) is 0 Å². The summed E-state index contributed by atoms with van der Waals surface area (Å²) in [5, 5.41) is 7.57. The van der Waals surface area contributed by atoms with Crippen LogP contribution in [0.15, 0.2) is 5.10 Å². The van der Waals surface area contributed by atoms with Crippen molar-refractivity contribution in [2.75, 3.05) is 13.1 Å². The van der Waals surface area contributed by atoms with E-state index in [0.717, 1.165) is 32.2 Å². The third-order valence-electron chi connectivity index (χ3n) is 2.40. The van der Waals surface area contributed by atoms with E-state index < -0.39 is 0 Å². The molecule has 1 aliphatic rings. The number of aldehydes is 1. The molecule has 1 aliphatic heterocycles. The number of hydrogen-bond acceptors (Lipinski definition) is 4. The van der Waals surface area contributed by atoms with Crippen LogP contribution in [0.1, 0.15) is 26.2 Å². The standard InChI is InChI=1S/C9H19N5O/c1-8(7-15)14(12-9(10)11)13-5-3-2-4-6-13/h7-8H,2-6H2,1H3,(H4,10,11,12). The van der Waals surface area contributed by atoms with Crippen LogP contribution in [0.25, 0.3) is 0 Å². The summed E-state index contributed by atoms with van der Waals surface area (Å²) in [6.07, 6.45) is 4.28. The summed E-state index contributed by atoms with van der Waals surface area (Å²) in [7, 11) is 0. The van der Waals surface area contributed by atoms with E-state index in [2.05, 4.69) is 5.10 Å². The average molecular weight is 213 g/mol. The lowest BCUT2D eigenvalue weighted by Crippen LogP contribution is -2.49. The molecule has 0 aliphatic carbocycles. The van der Waals surface area contributed by atoms with Gasteiger partial charge in [-0.3, -0.25) is 0 Å². The molecule has 1 atom stereocenters. The Kier molecular flexibility index (Phi) is 4.36. The van der Waals surface area contributed by atoms with Crippen molar-refractivity contribution < 1.29 is 4.79 Å². The zero-order chi connectivity index (χ0) is 11.3. The van der Waals surface area contributed by atoms with Crippen molar-refractivity contribution in [1.82, 2.24) is 10.1 Å². The van der Waals surface area contributed by atoms with Crippen LogP contribution >= 0.6 is 0 Å². The highest BCUT2D eigenvalue weighted by Crippen LogP contribution is 2.13. The lowest BCUT2D eigenvalue weighted by molar-refractivity contribution is -0.123. The number of hydrogen-bond donors (Lipinski definition) is 2. The number of rotatable bonds is 4. The molecule has 6 heteroatoms. The number of carbonyl (C=O) groups is 1. The topological polar surface area (TPSA) is 87.9 Å². The molecule has 1 heterocycles. The summed E-state index contributed by atoms with van der Waals surface area (Å²) >= 11 is 0. The SMILES string of the molecule is CC(C=O)N(N=C(N)N)N1CCCCC1. The maximum Gasteiger partial charge on any atom is 0.210 e.